The third kappa shape index (κ3) is 3.69. The van der Waals surface area contributed by atoms with Crippen LogP contribution in [0, 0.1) is 27.7 Å². The molecule has 0 aliphatic carbocycles. The molecule has 0 aliphatic rings. The van der Waals surface area contributed by atoms with Gasteiger partial charge in [-0.3, -0.25) is 0 Å². The summed E-state index contributed by atoms with van der Waals surface area (Å²) in [5, 5.41) is 0. The van der Waals surface area contributed by atoms with Crippen LogP contribution >= 0.6 is 0 Å². The van der Waals surface area contributed by atoms with Crippen molar-refractivity contribution in [2.75, 3.05) is 0 Å². The van der Waals surface area contributed by atoms with Gasteiger partial charge in [-0.25, -0.2) is 0 Å². The van der Waals surface area contributed by atoms with E-state index in [1.54, 1.807) is 0 Å². The summed E-state index contributed by atoms with van der Waals surface area (Å²) in [5.74, 6) is 1.86. The lowest BCUT2D eigenvalue weighted by Gasteiger charge is -2.20. The first kappa shape index (κ1) is 19.0. The molecule has 1 heteroatoms. The van der Waals surface area contributed by atoms with Gasteiger partial charge < -0.3 is 4.74 Å². The van der Waals surface area contributed by atoms with E-state index in [2.05, 4.69) is 100 Å². The normalized spacial score (nSPS) is 10.8. The molecule has 4 rings (SSSR count). The van der Waals surface area contributed by atoms with Crippen molar-refractivity contribution in [2.45, 2.75) is 27.7 Å². The van der Waals surface area contributed by atoms with Crippen LogP contribution in [0.5, 0.6) is 11.5 Å². The quantitative estimate of drug-likeness (QED) is 0.349. The Bertz CT molecular complexity index is 1050. The van der Waals surface area contributed by atoms with Crippen LogP contribution in [0.2, 0.25) is 0 Å². The Morgan fingerprint density at radius 3 is 1.21 bits per heavy atom. The monoisotopic (exact) mass is 378 g/mol. The van der Waals surface area contributed by atoms with Crippen molar-refractivity contribution in [3.63, 3.8) is 0 Å². The molecule has 0 bridgehead atoms. The van der Waals surface area contributed by atoms with Gasteiger partial charge in [0.25, 0.3) is 0 Å². The zero-order valence-corrected chi connectivity index (χ0v) is 17.5. The molecule has 4 aromatic rings. The minimum atomic E-state index is 0.932. The number of rotatable bonds is 4. The number of hydrogen-bond acceptors (Lipinski definition) is 1. The topological polar surface area (TPSA) is 9.23 Å². The van der Waals surface area contributed by atoms with Gasteiger partial charge >= 0.3 is 0 Å². The van der Waals surface area contributed by atoms with E-state index in [4.69, 9.17) is 4.74 Å². The second-order valence-corrected chi connectivity index (χ2v) is 7.60. The van der Waals surface area contributed by atoms with Crippen molar-refractivity contribution in [2.24, 2.45) is 0 Å². The molecule has 0 radical (unpaired) electrons. The number of aryl methyl sites for hydroxylation is 2. The van der Waals surface area contributed by atoms with E-state index in [-0.39, 0.29) is 0 Å². The molecular weight excluding hydrogens is 352 g/mol. The standard InChI is InChI=1S/C28H26O/c1-19-15-17-25(23-11-7-5-8-12-23)27(21(19)3)29-28-22(4)20(2)16-18-26(28)24-13-9-6-10-14-24/h5-18H,1-4H3. The van der Waals surface area contributed by atoms with Gasteiger partial charge in [-0.15, -0.1) is 0 Å². The molecule has 0 spiro atoms. The average Bonchev–Trinajstić information content (AvgIpc) is 2.76. The van der Waals surface area contributed by atoms with Gasteiger partial charge in [0.1, 0.15) is 11.5 Å². The molecule has 1 nitrogen and oxygen atoms in total. The number of hydrogen-bond donors (Lipinski definition) is 0. The summed E-state index contributed by atoms with van der Waals surface area (Å²) in [6.07, 6.45) is 0. The summed E-state index contributed by atoms with van der Waals surface area (Å²) in [6, 6.07) is 29.6. The van der Waals surface area contributed by atoms with E-state index in [1.165, 1.54) is 22.3 Å². The molecule has 0 amide bonds. The van der Waals surface area contributed by atoms with Crippen LogP contribution < -0.4 is 4.74 Å². The van der Waals surface area contributed by atoms with Crippen LogP contribution in [-0.4, -0.2) is 0 Å². The summed E-state index contributed by atoms with van der Waals surface area (Å²) in [7, 11) is 0. The molecule has 0 unspecified atom stereocenters. The smallest absolute Gasteiger partial charge is 0.138 e. The van der Waals surface area contributed by atoms with Crippen LogP contribution in [0.25, 0.3) is 22.3 Å². The lowest BCUT2D eigenvalue weighted by atomic mass is 9.97. The maximum atomic E-state index is 6.77. The van der Waals surface area contributed by atoms with E-state index < -0.39 is 0 Å². The van der Waals surface area contributed by atoms with Crippen LogP contribution in [0.1, 0.15) is 22.3 Å². The average molecular weight is 379 g/mol. The third-order valence-corrected chi connectivity index (χ3v) is 5.73. The SMILES string of the molecule is Cc1ccc(-c2ccccc2)c(Oc2c(-c3ccccc3)ccc(C)c2C)c1C. The maximum Gasteiger partial charge on any atom is 0.138 e. The van der Waals surface area contributed by atoms with Gasteiger partial charge in [0.05, 0.1) is 0 Å². The third-order valence-electron chi connectivity index (χ3n) is 5.73. The van der Waals surface area contributed by atoms with Gasteiger partial charge in [0.15, 0.2) is 0 Å². The molecule has 0 saturated heterocycles. The zero-order chi connectivity index (χ0) is 20.4. The van der Waals surface area contributed by atoms with Crippen LogP contribution in [0.15, 0.2) is 84.9 Å². The van der Waals surface area contributed by atoms with Crippen molar-refractivity contribution < 1.29 is 4.74 Å². The Morgan fingerprint density at radius 2 is 0.828 bits per heavy atom. The Morgan fingerprint density at radius 1 is 0.448 bits per heavy atom. The van der Waals surface area contributed by atoms with Crippen LogP contribution in [0.3, 0.4) is 0 Å². The first-order chi connectivity index (χ1) is 14.1. The summed E-state index contributed by atoms with van der Waals surface area (Å²) >= 11 is 0. The fraction of sp³-hybridized carbons (Fsp3) is 0.143. The lowest BCUT2D eigenvalue weighted by Crippen LogP contribution is -1.98. The van der Waals surface area contributed by atoms with Gasteiger partial charge in [-0.05, 0) is 61.1 Å². The minimum absolute atomic E-state index is 0.932. The zero-order valence-electron chi connectivity index (χ0n) is 17.5. The van der Waals surface area contributed by atoms with Crippen LogP contribution in [-0.2, 0) is 0 Å². The Balaban J connectivity index is 1.92. The lowest BCUT2D eigenvalue weighted by molar-refractivity contribution is 0.478. The molecule has 0 aliphatic heterocycles. The highest BCUT2D eigenvalue weighted by atomic mass is 16.5. The fourth-order valence-corrected chi connectivity index (χ4v) is 3.64. The van der Waals surface area contributed by atoms with E-state index in [1.807, 2.05) is 12.1 Å². The molecule has 4 aromatic carbocycles. The minimum Gasteiger partial charge on any atom is -0.455 e. The van der Waals surface area contributed by atoms with Crippen molar-refractivity contribution >= 4 is 0 Å². The predicted octanol–water partition coefficient (Wildman–Crippen LogP) is 8.05. The highest BCUT2D eigenvalue weighted by Crippen LogP contribution is 2.43. The highest BCUT2D eigenvalue weighted by Gasteiger charge is 2.17. The van der Waals surface area contributed by atoms with Gasteiger partial charge in [-0.1, -0.05) is 84.9 Å². The summed E-state index contributed by atoms with van der Waals surface area (Å²) in [6.45, 7) is 8.56. The summed E-state index contributed by atoms with van der Waals surface area (Å²) in [5.41, 5.74) is 9.37. The predicted molar refractivity (Wildman–Crippen MR) is 123 cm³/mol. The van der Waals surface area contributed by atoms with E-state index in [0.29, 0.717) is 0 Å². The molecule has 29 heavy (non-hydrogen) atoms. The molecule has 0 N–H and O–H groups in total. The van der Waals surface area contributed by atoms with E-state index >= 15 is 0 Å². The van der Waals surface area contributed by atoms with E-state index in [0.717, 1.165) is 33.8 Å². The van der Waals surface area contributed by atoms with Crippen molar-refractivity contribution in [1.29, 1.82) is 0 Å². The second kappa shape index (κ2) is 7.97. The first-order valence-corrected chi connectivity index (χ1v) is 10.1. The molecule has 144 valence electrons. The highest BCUT2D eigenvalue weighted by molar-refractivity contribution is 5.77. The molecule has 0 atom stereocenters. The molecule has 0 aromatic heterocycles. The number of benzene rings is 4. The van der Waals surface area contributed by atoms with Gasteiger partial charge in [0.2, 0.25) is 0 Å². The summed E-state index contributed by atoms with van der Waals surface area (Å²) in [4.78, 5) is 0. The van der Waals surface area contributed by atoms with E-state index in [9.17, 15) is 0 Å². The largest absolute Gasteiger partial charge is 0.455 e. The number of ether oxygens (including phenoxy) is 1. The fourth-order valence-electron chi connectivity index (χ4n) is 3.64. The molecule has 0 fully saturated rings. The Hall–Kier alpha value is -3.32. The van der Waals surface area contributed by atoms with Crippen molar-refractivity contribution in [3.05, 3.63) is 107 Å². The van der Waals surface area contributed by atoms with Crippen LogP contribution in [0.4, 0.5) is 0 Å². The van der Waals surface area contributed by atoms with Gasteiger partial charge in [0, 0.05) is 11.1 Å². The Kier molecular flexibility index (Phi) is 5.22. The Labute approximate surface area is 173 Å². The summed E-state index contributed by atoms with van der Waals surface area (Å²) < 4.78 is 6.77. The second-order valence-electron chi connectivity index (χ2n) is 7.60. The molecule has 0 heterocycles. The molecule has 0 saturated carbocycles. The van der Waals surface area contributed by atoms with Crippen molar-refractivity contribution in [1.82, 2.24) is 0 Å². The van der Waals surface area contributed by atoms with Gasteiger partial charge in [-0.2, -0.15) is 0 Å². The molecular formula is C28H26O. The van der Waals surface area contributed by atoms with Crippen molar-refractivity contribution in [3.8, 4) is 33.8 Å². The maximum absolute atomic E-state index is 6.77. The first-order valence-electron chi connectivity index (χ1n) is 10.1.